The van der Waals surface area contributed by atoms with Gasteiger partial charge in [-0.2, -0.15) is 0 Å². The topological polar surface area (TPSA) is 38.3 Å². The molecule has 2 fully saturated rings. The van der Waals surface area contributed by atoms with Crippen LogP contribution in [0.25, 0.3) is 0 Å². The zero-order valence-corrected chi connectivity index (χ0v) is 14.2. The van der Waals surface area contributed by atoms with Crippen molar-refractivity contribution < 1.29 is 9.53 Å². The van der Waals surface area contributed by atoms with E-state index in [0.29, 0.717) is 11.8 Å². The number of methoxy groups -OCH3 is 1. The van der Waals surface area contributed by atoms with Gasteiger partial charge in [0.15, 0.2) is 0 Å². The fourth-order valence-electron chi connectivity index (χ4n) is 4.55. The van der Waals surface area contributed by atoms with Crippen LogP contribution in [-0.4, -0.2) is 19.1 Å². The Kier molecular flexibility index (Phi) is 4.21. The van der Waals surface area contributed by atoms with Gasteiger partial charge < -0.3 is 4.74 Å². The average Bonchev–Trinajstić information content (AvgIpc) is 2.99. The Morgan fingerprint density at radius 2 is 1.95 bits per heavy atom. The molecule has 22 heavy (non-hydrogen) atoms. The summed E-state index contributed by atoms with van der Waals surface area (Å²) in [5, 5.41) is 4.33. The van der Waals surface area contributed by atoms with Crippen molar-refractivity contribution >= 4 is 17.6 Å². The molecule has 1 saturated heterocycles. The molecule has 0 radical (unpaired) electrons. The second-order valence-corrected chi connectivity index (χ2v) is 7.61. The van der Waals surface area contributed by atoms with Crippen molar-refractivity contribution in [3.8, 4) is 0 Å². The Morgan fingerprint density at radius 3 is 2.59 bits per heavy atom. The number of hydrogen-bond acceptors (Lipinski definition) is 3. The van der Waals surface area contributed by atoms with E-state index in [2.05, 4.69) is 31.3 Å². The summed E-state index contributed by atoms with van der Waals surface area (Å²) < 4.78 is 5.05. The molecule has 4 heteroatoms. The Balaban J connectivity index is 1.96. The van der Waals surface area contributed by atoms with Crippen LogP contribution in [0.15, 0.2) is 24.3 Å². The molecule has 0 spiro atoms. The van der Waals surface area contributed by atoms with E-state index in [9.17, 15) is 4.79 Å². The van der Waals surface area contributed by atoms with Crippen LogP contribution in [-0.2, 0) is 9.53 Å². The molecule has 1 aromatic carbocycles. The third-order valence-electron chi connectivity index (χ3n) is 5.71. The van der Waals surface area contributed by atoms with Gasteiger partial charge in [-0.05, 0) is 47.8 Å². The maximum absolute atomic E-state index is 12.3. The number of ether oxygens (including phenoxy) is 1. The van der Waals surface area contributed by atoms with E-state index >= 15 is 0 Å². The highest BCUT2D eigenvalue weighted by atomic mass is 35.5. The number of halogens is 1. The minimum Gasteiger partial charge on any atom is -0.468 e. The molecule has 1 aromatic rings. The Bertz CT molecular complexity index is 555. The lowest BCUT2D eigenvalue weighted by atomic mass is 9.63. The molecular weight excluding hydrogens is 298 g/mol. The highest BCUT2D eigenvalue weighted by Gasteiger charge is 2.53. The fraction of sp³-hybridized carbons (Fsp3) is 0.611. The number of hydrogen-bond donors (Lipinski definition) is 1. The molecule has 3 nitrogen and oxygen atoms in total. The summed E-state index contributed by atoms with van der Waals surface area (Å²) in [6.07, 6.45) is 3.64. The van der Waals surface area contributed by atoms with Crippen molar-refractivity contribution in [2.24, 2.45) is 17.3 Å². The summed E-state index contributed by atoms with van der Waals surface area (Å²) >= 11 is 6.01. The maximum atomic E-state index is 12.3. The molecule has 1 aliphatic heterocycles. The van der Waals surface area contributed by atoms with E-state index < -0.39 is 0 Å². The molecular formula is C18H24ClNO2. The van der Waals surface area contributed by atoms with Crippen molar-refractivity contribution in [2.45, 2.75) is 45.2 Å². The van der Waals surface area contributed by atoms with Crippen LogP contribution >= 0.6 is 11.6 Å². The number of rotatable bonds is 2. The minimum absolute atomic E-state index is 0.0861. The number of fused-ring (bicyclic) bond motifs is 1. The van der Waals surface area contributed by atoms with E-state index in [1.807, 2.05) is 12.1 Å². The first kappa shape index (κ1) is 15.8. The number of carbonyl (C=O) groups is 1. The van der Waals surface area contributed by atoms with Gasteiger partial charge in [0.05, 0.1) is 7.11 Å². The maximum Gasteiger partial charge on any atom is 0.323 e. The first-order valence-electron chi connectivity index (χ1n) is 8.04. The first-order chi connectivity index (χ1) is 10.4. The number of esters is 1. The molecule has 1 aliphatic carbocycles. The van der Waals surface area contributed by atoms with Crippen molar-refractivity contribution in [2.75, 3.05) is 7.11 Å². The second kappa shape index (κ2) is 5.86. The van der Waals surface area contributed by atoms with Gasteiger partial charge in [0, 0.05) is 11.1 Å². The van der Waals surface area contributed by atoms with Gasteiger partial charge in [-0.25, -0.2) is 0 Å². The lowest BCUT2D eigenvalue weighted by Gasteiger charge is -2.50. The van der Waals surface area contributed by atoms with Crippen LogP contribution < -0.4 is 5.32 Å². The summed E-state index contributed by atoms with van der Waals surface area (Å²) in [5.41, 5.74) is 1.13. The summed E-state index contributed by atoms with van der Waals surface area (Å²) in [6, 6.07) is 7.92. The van der Waals surface area contributed by atoms with Gasteiger partial charge in [0.1, 0.15) is 6.04 Å². The van der Waals surface area contributed by atoms with Crippen LogP contribution in [0.5, 0.6) is 0 Å². The van der Waals surface area contributed by atoms with E-state index in [0.717, 1.165) is 5.02 Å². The zero-order valence-electron chi connectivity index (χ0n) is 13.4. The van der Waals surface area contributed by atoms with Gasteiger partial charge in [0.25, 0.3) is 0 Å². The SMILES string of the molecule is COC(=O)[C@@H]1N[C@H](c2ccc(Cl)cc2)[C@H]2CCC[C@H]2C1(C)C. The smallest absolute Gasteiger partial charge is 0.323 e. The fourth-order valence-corrected chi connectivity index (χ4v) is 4.67. The van der Waals surface area contributed by atoms with Gasteiger partial charge >= 0.3 is 5.97 Å². The monoisotopic (exact) mass is 321 g/mol. The number of carbonyl (C=O) groups excluding carboxylic acids is 1. The molecule has 0 unspecified atom stereocenters. The van der Waals surface area contributed by atoms with Crippen LogP contribution in [0.3, 0.4) is 0 Å². The Hall–Kier alpha value is -1.06. The average molecular weight is 322 g/mol. The van der Waals surface area contributed by atoms with E-state index in [-0.39, 0.29) is 23.5 Å². The summed E-state index contributed by atoms with van der Waals surface area (Å²) in [7, 11) is 1.47. The molecule has 1 saturated carbocycles. The van der Waals surface area contributed by atoms with Gasteiger partial charge in [0.2, 0.25) is 0 Å². The lowest BCUT2D eigenvalue weighted by molar-refractivity contribution is -0.151. The molecule has 1 N–H and O–H groups in total. The molecule has 2 aliphatic rings. The zero-order chi connectivity index (χ0) is 15.9. The second-order valence-electron chi connectivity index (χ2n) is 7.17. The summed E-state index contributed by atoms with van der Waals surface area (Å²) in [6.45, 7) is 4.39. The van der Waals surface area contributed by atoms with Gasteiger partial charge in [-0.1, -0.05) is 44.0 Å². The van der Waals surface area contributed by atoms with E-state index in [1.54, 1.807) is 0 Å². The lowest BCUT2D eigenvalue weighted by Crippen LogP contribution is -2.59. The number of benzene rings is 1. The van der Waals surface area contributed by atoms with Crippen molar-refractivity contribution in [3.05, 3.63) is 34.9 Å². The largest absolute Gasteiger partial charge is 0.468 e. The van der Waals surface area contributed by atoms with Crippen LogP contribution in [0.1, 0.15) is 44.7 Å². The number of nitrogens with one attached hydrogen (secondary N) is 1. The molecule has 0 aromatic heterocycles. The summed E-state index contributed by atoms with van der Waals surface area (Å²) in [4.78, 5) is 12.3. The molecule has 0 bridgehead atoms. The highest BCUT2D eigenvalue weighted by molar-refractivity contribution is 6.30. The van der Waals surface area contributed by atoms with Gasteiger partial charge in [-0.3, -0.25) is 10.1 Å². The van der Waals surface area contributed by atoms with Gasteiger partial charge in [-0.15, -0.1) is 0 Å². The van der Waals surface area contributed by atoms with Crippen molar-refractivity contribution in [1.29, 1.82) is 0 Å². The molecule has 120 valence electrons. The van der Waals surface area contributed by atoms with Crippen molar-refractivity contribution in [1.82, 2.24) is 5.32 Å². The van der Waals surface area contributed by atoms with Crippen LogP contribution in [0, 0.1) is 17.3 Å². The van der Waals surface area contributed by atoms with Crippen molar-refractivity contribution in [3.63, 3.8) is 0 Å². The third-order valence-corrected chi connectivity index (χ3v) is 5.96. The predicted molar refractivity (Wildman–Crippen MR) is 87.7 cm³/mol. The predicted octanol–water partition coefficient (Wildman–Crippen LogP) is 3.97. The minimum atomic E-state index is -0.266. The Labute approximate surface area is 137 Å². The molecule has 3 rings (SSSR count). The standard InChI is InChI=1S/C18H24ClNO2/c1-18(2)14-6-4-5-13(14)15(20-16(18)17(21)22-3)11-7-9-12(19)10-8-11/h7-10,13-16,20H,4-6H2,1-3H3/t13-,14+,15+,16-/m0/s1. The third kappa shape index (κ3) is 2.55. The van der Waals surface area contributed by atoms with Crippen LogP contribution in [0.4, 0.5) is 0 Å². The molecule has 4 atom stereocenters. The Morgan fingerprint density at radius 1 is 1.27 bits per heavy atom. The quantitative estimate of drug-likeness (QED) is 0.838. The highest BCUT2D eigenvalue weighted by Crippen LogP contribution is 2.54. The van der Waals surface area contributed by atoms with E-state index in [1.165, 1.54) is 31.9 Å². The summed E-state index contributed by atoms with van der Waals surface area (Å²) in [5.74, 6) is 0.949. The van der Waals surface area contributed by atoms with Crippen LogP contribution in [0.2, 0.25) is 5.02 Å². The van der Waals surface area contributed by atoms with E-state index in [4.69, 9.17) is 16.3 Å². The molecule has 0 amide bonds. The molecule has 1 heterocycles. The first-order valence-corrected chi connectivity index (χ1v) is 8.42. The number of piperidine rings is 1. The normalized spacial score (nSPS) is 33.3.